The van der Waals surface area contributed by atoms with E-state index in [4.69, 9.17) is 9.47 Å². The number of hydrogen-bond donors (Lipinski definition) is 2. The number of ether oxygens (including phenoxy) is 2. The van der Waals surface area contributed by atoms with Gasteiger partial charge in [0.15, 0.2) is 6.61 Å². The minimum absolute atomic E-state index is 0.128. The molecule has 1 saturated carbocycles. The molecule has 1 aliphatic rings. The monoisotopic (exact) mass is 399 g/mol. The maximum Gasteiger partial charge on any atom is 0.328 e. The van der Waals surface area contributed by atoms with E-state index in [0.717, 1.165) is 18.4 Å². The van der Waals surface area contributed by atoms with E-state index in [9.17, 15) is 19.6 Å². The van der Waals surface area contributed by atoms with Crippen molar-refractivity contribution in [2.75, 3.05) is 13.7 Å². The van der Waals surface area contributed by atoms with Gasteiger partial charge in [-0.15, -0.1) is 0 Å². The molecule has 29 heavy (non-hydrogen) atoms. The smallest absolute Gasteiger partial charge is 0.328 e. The van der Waals surface area contributed by atoms with E-state index < -0.39 is 36.0 Å². The minimum Gasteiger partial charge on any atom is -0.497 e. The van der Waals surface area contributed by atoms with E-state index in [2.05, 4.69) is 16.7 Å². The van der Waals surface area contributed by atoms with E-state index >= 15 is 0 Å². The quantitative estimate of drug-likeness (QED) is 0.481. The molecule has 154 valence electrons. The lowest BCUT2D eigenvalue weighted by Crippen LogP contribution is -2.48. The number of carbonyl (C=O) groups is 3. The van der Waals surface area contributed by atoms with Crippen molar-refractivity contribution in [1.82, 2.24) is 10.6 Å². The summed E-state index contributed by atoms with van der Waals surface area (Å²) in [6, 6.07) is 8.28. The molecule has 0 heterocycles. The highest BCUT2D eigenvalue weighted by atomic mass is 16.5. The molecule has 1 aromatic carbocycles. The molecular formula is C21H25N3O5. The number of benzene rings is 1. The van der Waals surface area contributed by atoms with Gasteiger partial charge in [0.25, 0.3) is 5.91 Å². The fourth-order valence-electron chi connectivity index (χ4n) is 2.68. The first-order chi connectivity index (χ1) is 13.8. The average Bonchev–Trinajstić information content (AvgIpc) is 3.56. The van der Waals surface area contributed by atoms with Crippen molar-refractivity contribution in [1.29, 1.82) is 5.26 Å². The van der Waals surface area contributed by atoms with Crippen LogP contribution >= 0.6 is 0 Å². The number of rotatable bonds is 9. The number of amides is 2. The Kier molecular flexibility index (Phi) is 7.37. The van der Waals surface area contributed by atoms with Crippen molar-refractivity contribution in [2.24, 2.45) is 5.92 Å². The van der Waals surface area contributed by atoms with E-state index in [1.165, 1.54) is 13.0 Å². The van der Waals surface area contributed by atoms with Gasteiger partial charge in [0.1, 0.15) is 17.3 Å². The van der Waals surface area contributed by atoms with Crippen LogP contribution in [0.5, 0.6) is 5.75 Å². The fourth-order valence-corrected chi connectivity index (χ4v) is 2.68. The van der Waals surface area contributed by atoms with Crippen molar-refractivity contribution in [3.63, 3.8) is 0 Å². The van der Waals surface area contributed by atoms with E-state index in [0.29, 0.717) is 5.75 Å². The largest absolute Gasteiger partial charge is 0.497 e. The second-order valence-electron chi connectivity index (χ2n) is 7.08. The highest BCUT2D eigenvalue weighted by molar-refractivity contribution is 5.94. The molecule has 8 nitrogen and oxygen atoms in total. The van der Waals surface area contributed by atoms with Crippen LogP contribution in [-0.2, 0) is 19.1 Å². The zero-order valence-corrected chi connectivity index (χ0v) is 16.7. The van der Waals surface area contributed by atoms with Gasteiger partial charge in [-0.1, -0.05) is 12.1 Å². The summed E-state index contributed by atoms with van der Waals surface area (Å²) in [5.41, 5.74) is -0.153. The Morgan fingerprint density at radius 3 is 2.52 bits per heavy atom. The predicted molar refractivity (Wildman–Crippen MR) is 105 cm³/mol. The predicted octanol–water partition coefficient (Wildman–Crippen LogP) is 1.56. The fraction of sp³-hybridized carbons (Fsp3) is 0.429. The van der Waals surface area contributed by atoms with Gasteiger partial charge < -0.3 is 20.1 Å². The highest BCUT2D eigenvalue weighted by Gasteiger charge is 2.43. The number of nitrogens with zero attached hydrogens (tertiary/aromatic N) is 1. The van der Waals surface area contributed by atoms with Crippen molar-refractivity contribution in [2.45, 2.75) is 38.3 Å². The Labute approximate surface area is 169 Å². The first-order valence-electron chi connectivity index (χ1n) is 9.29. The van der Waals surface area contributed by atoms with E-state index in [1.807, 2.05) is 0 Å². The third-order valence-electron chi connectivity index (χ3n) is 4.63. The molecule has 2 amide bonds. The van der Waals surface area contributed by atoms with Crippen LogP contribution in [0.2, 0.25) is 0 Å². The molecule has 1 aromatic rings. The van der Waals surface area contributed by atoms with Crippen molar-refractivity contribution in [3.05, 3.63) is 35.9 Å². The Hall–Kier alpha value is -3.34. The summed E-state index contributed by atoms with van der Waals surface area (Å²) < 4.78 is 9.99. The van der Waals surface area contributed by atoms with Gasteiger partial charge in [0.05, 0.1) is 13.2 Å². The summed E-state index contributed by atoms with van der Waals surface area (Å²) in [4.78, 5) is 35.9. The van der Waals surface area contributed by atoms with Crippen LogP contribution in [0.3, 0.4) is 0 Å². The maximum atomic E-state index is 12.0. The lowest BCUT2D eigenvalue weighted by molar-refractivity contribution is -0.151. The first kappa shape index (κ1) is 22.0. The number of carbonyl (C=O) groups excluding carboxylic acids is 3. The standard InChI is InChI=1S/C21H25N3O5/c1-14(23-18(25)11-6-15-4-9-17(28-3)10-5-15)20(27)29-12-19(26)24-21(2,13-22)16-7-8-16/h4-6,9-11,14,16H,7-8,12H2,1-3H3,(H,23,25)(H,24,26)/b11-6+/t14-,21+/m0/s1. The molecule has 8 heteroatoms. The molecule has 0 unspecified atom stereocenters. The highest BCUT2D eigenvalue weighted by Crippen LogP contribution is 2.39. The zero-order valence-electron chi connectivity index (χ0n) is 16.7. The Bertz CT molecular complexity index is 824. The molecule has 0 saturated heterocycles. The van der Waals surface area contributed by atoms with Crippen LogP contribution in [0.1, 0.15) is 32.3 Å². The third-order valence-corrected chi connectivity index (χ3v) is 4.63. The van der Waals surface area contributed by atoms with Crippen LogP contribution in [-0.4, -0.2) is 43.1 Å². The van der Waals surface area contributed by atoms with Crippen molar-refractivity contribution < 1.29 is 23.9 Å². The average molecular weight is 399 g/mol. The summed E-state index contributed by atoms with van der Waals surface area (Å²) >= 11 is 0. The van der Waals surface area contributed by atoms with Crippen LogP contribution in [0.15, 0.2) is 30.3 Å². The van der Waals surface area contributed by atoms with Gasteiger partial charge in [-0.25, -0.2) is 4.79 Å². The summed E-state index contributed by atoms with van der Waals surface area (Å²) in [5.74, 6) is -0.925. The minimum atomic E-state index is -0.949. The Balaban J connectivity index is 1.76. The molecule has 1 aliphatic carbocycles. The number of esters is 1. The number of nitriles is 1. The van der Waals surface area contributed by atoms with Crippen LogP contribution in [0.4, 0.5) is 0 Å². The van der Waals surface area contributed by atoms with Gasteiger partial charge in [0, 0.05) is 6.08 Å². The molecule has 2 rings (SSSR count). The van der Waals surface area contributed by atoms with Crippen molar-refractivity contribution in [3.8, 4) is 11.8 Å². The lowest BCUT2D eigenvalue weighted by atomic mass is 9.98. The van der Waals surface area contributed by atoms with Gasteiger partial charge in [-0.3, -0.25) is 9.59 Å². The Morgan fingerprint density at radius 2 is 1.97 bits per heavy atom. The normalized spacial score (nSPS) is 16.2. The summed E-state index contributed by atoms with van der Waals surface area (Å²) in [7, 11) is 1.57. The van der Waals surface area contributed by atoms with Crippen LogP contribution in [0, 0.1) is 17.2 Å². The topological polar surface area (TPSA) is 118 Å². The van der Waals surface area contributed by atoms with Crippen LogP contribution in [0.25, 0.3) is 6.08 Å². The zero-order chi connectivity index (χ0) is 21.4. The van der Waals surface area contributed by atoms with E-state index in [1.54, 1.807) is 44.4 Å². The summed E-state index contributed by atoms with van der Waals surface area (Å²) in [6.45, 7) is 2.61. The second-order valence-corrected chi connectivity index (χ2v) is 7.08. The van der Waals surface area contributed by atoms with Crippen LogP contribution < -0.4 is 15.4 Å². The van der Waals surface area contributed by atoms with E-state index in [-0.39, 0.29) is 5.92 Å². The van der Waals surface area contributed by atoms with Gasteiger partial charge >= 0.3 is 5.97 Å². The number of hydrogen-bond acceptors (Lipinski definition) is 6. The molecule has 0 bridgehead atoms. The number of methoxy groups -OCH3 is 1. The number of nitrogens with one attached hydrogen (secondary N) is 2. The van der Waals surface area contributed by atoms with Gasteiger partial charge in [-0.2, -0.15) is 5.26 Å². The molecule has 0 spiro atoms. The molecule has 2 N–H and O–H groups in total. The summed E-state index contributed by atoms with van der Waals surface area (Å²) in [6.07, 6.45) is 4.67. The molecule has 0 radical (unpaired) electrons. The molecule has 0 aliphatic heterocycles. The van der Waals surface area contributed by atoms with Gasteiger partial charge in [0.2, 0.25) is 5.91 Å². The third kappa shape index (κ3) is 6.64. The summed E-state index contributed by atoms with van der Waals surface area (Å²) in [5, 5.41) is 14.3. The first-order valence-corrected chi connectivity index (χ1v) is 9.29. The molecule has 0 aromatic heterocycles. The molecule has 2 atom stereocenters. The lowest BCUT2D eigenvalue weighted by Gasteiger charge is -2.22. The SMILES string of the molecule is COc1ccc(/C=C/C(=O)N[C@@H](C)C(=O)OCC(=O)N[C@](C)(C#N)C2CC2)cc1. The maximum absolute atomic E-state index is 12.0. The molecule has 1 fully saturated rings. The van der Waals surface area contributed by atoms with Gasteiger partial charge in [-0.05, 0) is 56.4 Å². The molecular weight excluding hydrogens is 374 g/mol. The second kappa shape index (κ2) is 9.73. The van der Waals surface area contributed by atoms with Crippen molar-refractivity contribution >= 4 is 23.9 Å². The Morgan fingerprint density at radius 1 is 1.31 bits per heavy atom.